The van der Waals surface area contributed by atoms with Crippen LogP contribution in [0.5, 0.6) is 6.01 Å². The van der Waals surface area contributed by atoms with E-state index < -0.39 is 11.2 Å². The summed E-state index contributed by atoms with van der Waals surface area (Å²) in [6.45, 7) is 2.45. The molecular weight excluding hydrogens is 224 g/mol. The topological polar surface area (TPSA) is 81.9 Å². The number of hydrogen-bond donors (Lipinski definition) is 1. The van der Waals surface area contributed by atoms with E-state index in [2.05, 4.69) is 9.97 Å². The van der Waals surface area contributed by atoms with Crippen LogP contribution in [-0.4, -0.2) is 26.2 Å². The molecule has 7 heteroatoms. The highest BCUT2D eigenvalue weighted by Gasteiger charge is 2.15. The van der Waals surface area contributed by atoms with Gasteiger partial charge in [-0.25, -0.2) is 4.79 Å². The first-order valence-electron chi connectivity index (χ1n) is 5.33. The molecule has 2 aromatic rings. The van der Waals surface area contributed by atoms with Crippen molar-refractivity contribution < 1.29 is 4.74 Å². The molecule has 2 rings (SSSR count). The van der Waals surface area contributed by atoms with Crippen LogP contribution in [0, 0.1) is 0 Å². The minimum Gasteiger partial charge on any atom is -0.468 e. The molecule has 2 aromatic heterocycles. The van der Waals surface area contributed by atoms with Crippen LogP contribution in [0.15, 0.2) is 9.59 Å². The Morgan fingerprint density at radius 1 is 1.41 bits per heavy atom. The second-order valence-electron chi connectivity index (χ2n) is 3.74. The number of ether oxygens (including phenoxy) is 1. The normalized spacial score (nSPS) is 11.0. The van der Waals surface area contributed by atoms with Crippen LogP contribution in [0.2, 0.25) is 0 Å². The fourth-order valence-electron chi connectivity index (χ4n) is 1.84. The number of aryl methyl sites for hydroxylation is 2. The van der Waals surface area contributed by atoms with Gasteiger partial charge in [-0.3, -0.25) is 18.9 Å². The number of H-pyrrole nitrogens is 1. The fraction of sp³-hybridized carbons (Fsp3) is 0.500. The molecule has 0 aromatic carbocycles. The highest BCUT2D eigenvalue weighted by molar-refractivity contribution is 5.71. The molecule has 0 amide bonds. The largest absolute Gasteiger partial charge is 0.468 e. The maximum Gasteiger partial charge on any atom is 0.330 e. The van der Waals surface area contributed by atoms with Crippen LogP contribution in [0.4, 0.5) is 0 Å². The molecule has 0 aliphatic carbocycles. The minimum absolute atomic E-state index is 0.306. The van der Waals surface area contributed by atoms with Crippen molar-refractivity contribution in [3.8, 4) is 6.01 Å². The van der Waals surface area contributed by atoms with Crippen molar-refractivity contribution in [1.29, 1.82) is 0 Å². The first kappa shape index (κ1) is 11.4. The number of rotatable bonds is 3. The van der Waals surface area contributed by atoms with Gasteiger partial charge >= 0.3 is 5.69 Å². The third-order valence-electron chi connectivity index (χ3n) is 2.60. The first-order valence-corrected chi connectivity index (χ1v) is 5.33. The van der Waals surface area contributed by atoms with Crippen molar-refractivity contribution in [2.45, 2.75) is 19.9 Å². The van der Waals surface area contributed by atoms with E-state index in [9.17, 15) is 9.59 Å². The fourth-order valence-corrected chi connectivity index (χ4v) is 1.84. The Bertz CT molecular complexity index is 664. The van der Waals surface area contributed by atoms with Crippen molar-refractivity contribution >= 4 is 11.2 Å². The molecule has 0 radical (unpaired) electrons. The standard InChI is InChI=1S/C10H14N4O3/c1-4-5-14-7-6(8(15)12-9(14)16)13(2)10(11-7)17-3/h4-5H2,1-3H3,(H,12,15,16). The quantitative estimate of drug-likeness (QED) is 0.805. The highest BCUT2D eigenvalue weighted by Crippen LogP contribution is 2.14. The lowest BCUT2D eigenvalue weighted by Gasteiger charge is -2.03. The van der Waals surface area contributed by atoms with Gasteiger partial charge in [-0.1, -0.05) is 6.92 Å². The molecule has 7 nitrogen and oxygen atoms in total. The highest BCUT2D eigenvalue weighted by atomic mass is 16.5. The van der Waals surface area contributed by atoms with Gasteiger partial charge in [0.15, 0.2) is 11.2 Å². The number of aromatic amines is 1. The lowest BCUT2D eigenvalue weighted by atomic mass is 10.4. The third kappa shape index (κ3) is 1.63. The second-order valence-corrected chi connectivity index (χ2v) is 3.74. The number of fused-ring (bicyclic) bond motifs is 1. The lowest BCUT2D eigenvalue weighted by molar-refractivity contribution is 0.368. The molecule has 1 N–H and O–H groups in total. The molecule has 2 heterocycles. The Morgan fingerprint density at radius 3 is 2.71 bits per heavy atom. The van der Waals surface area contributed by atoms with Crippen molar-refractivity contribution in [3.63, 3.8) is 0 Å². The van der Waals surface area contributed by atoms with Crippen LogP contribution in [-0.2, 0) is 13.6 Å². The molecular formula is C10H14N4O3. The SMILES string of the molecule is CCCn1c(=O)[nH]c(=O)c2c1nc(OC)n2C. The minimum atomic E-state index is -0.448. The number of nitrogens with one attached hydrogen (secondary N) is 1. The van der Waals surface area contributed by atoms with E-state index in [1.165, 1.54) is 16.2 Å². The van der Waals surface area contributed by atoms with Gasteiger partial charge in [0.1, 0.15) is 0 Å². The molecule has 17 heavy (non-hydrogen) atoms. The zero-order valence-corrected chi connectivity index (χ0v) is 9.98. The Kier molecular flexibility index (Phi) is 2.74. The van der Waals surface area contributed by atoms with Crippen molar-refractivity contribution in [1.82, 2.24) is 19.1 Å². The zero-order chi connectivity index (χ0) is 12.6. The summed E-state index contributed by atoms with van der Waals surface area (Å²) in [7, 11) is 3.14. The Hall–Kier alpha value is -2.05. The van der Waals surface area contributed by atoms with Gasteiger partial charge in [0, 0.05) is 13.6 Å². The number of methoxy groups -OCH3 is 1. The second kappa shape index (κ2) is 4.08. The zero-order valence-electron chi connectivity index (χ0n) is 9.98. The van der Waals surface area contributed by atoms with E-state index >= 15 is 0 Å². The molecule has 0 bridgehead atoms. The smallest absolute Gasteiger partial charge is 0.330 e. The summed E-state index contributed by atoms with van der Waals surface area (Å²) in [6, 6.07) is 0.306. The average Bonchev–Trinajstić information content (AvgIpc) is 2.62. The van der Waals surface area contributed by atoms with E-state index in [0.717, 1.165) is 6.42 Å². The summed E-state index contributed by atoms with van der Waals surface area (Å²) in [4.78, 5) is 29.8. The van der Waals surface area contributed by atoms with Gasteiger partial charge in [-0.15, -0.1) is 0 Å². The van der Waals surface area contributed by atoms with Gasteiger partial charge in [-0.05, 0) is 6.42 Å². The monoisotopic (exact) mass is 238 g/mol. The van der Waals surface area contributed by atoms with Gasteiger partial charge in [0.2, 0.25) is 0 Å². The van der Waals surface area contributed by atoms with Gasteiger partial charge < -0.3 is 4.74 Å². The maximum absolute atomic E-state index is 11.7. The molecule has 0 aliphatic rings. The van der Waals surface area contributed by atoms with Gasteiger partial charge in [-0.2, -0.15) is 4.98 Å². The number of nitrogens with zero attached hydrogens (tertiary/aromatic N) is 3. The van der Waals surface area contributed by atoms with Crippen LogP contribution < -0.4 is 16.0 Å². The lowest BCUT2D eigenvalue weighted by Crippen LogP contribution is -2.30. The molecule has 0 atom stereocenters. The van der Waals surface area contributed by atoms with Crippen molar-refractivity contribution in [2.75, 3.05) is 7.11 Å². The Balaban J connectivity index is 2.92. The molecule has 0 aliphatic heterocycles. The van der Waals surface area contributed by atoms with Crippen molar-refractivity contribution in [2.24, 2.45) is 7.05 Å². The average molecular weight is 238 g/mol. The third-order valence-corrected chi connectivity index (χ3v) is 2.60. The Labute approximate surface area is 96.7 Å². The van der Waals surface area contributed by atoms with Crippen LogP contribution in [0.3, 0.4) is 0 Å². The van der Waals surface area contributed by atoms with Crippen LogP contribution >= 0.6 is 0 Å². The number of aromatic nitrogens is 4. The van der Waals surface area contributed by atoms with E-state index in [0.29, 0.717) is 23.7 Å². The molecule has 0 saturated heterocycles. The Morgan fingerprint density at radius 2 is 2.12 bits per heavy atom. The summed E-state index contributed by atoms with van der Waals surface area (Å²) >= 11 is 0. The summed E-state index contributed by atoms with van der Waals surface area (Å²) < 4.78 is 8.01. The van der Waals surface area contributed by atoms with E-state index in [-0.39, 0.29) is 0 Å². The molecule has 0 unspecified atom stereocenters. The first-order chi connectivity index (χ1) is 8.10. The predicted molar refractivity (Wildman–Crippen MR) is 62.4 cm³/mol. The number of hydrogen-bond acceptors (Lipinski definition) is 4. The maximum atomic E-state index is 11.7. The molecule has 0 spiro atoms. The van der Waals surface area contributed by atoms with Gasteiger partial charge in [0.25, 0.3) is 11.6 Å². The van der Waals surface area contributed by atoms with E-state index in [1.54, 1.807) is 7.05 Å². The van der Waals surface area contributed by atoms with Crippen LogP contribution in [0.25, 0.3) is 11.2 Å². The summed E-state index contributed by atoms with van der Waals surface area (Å²) in [5, 5.41) is 0. The molecule has 0 fully saturated rings. The summed E-state index contributed by atoms with van der Waals surface area (Å²) in [5.74, 6) is 0. The predicted octanol–water partition coefficient (Wildman–Crippen LogP) is -0.158. The van der Waals surface area contributed by atoms with E-state index in [1.807, 2.05) is 6.92 Å². The number of imidazole rings is 1. The molecule has 0 saturated carbocycles. The van der Waals surface area contributed by atoms with Crippen LogP contribution in [0.1, 0.15) is 13.3 Å². The summed E-state index contributed by atoms with van der Waals surface area (Å²) in [6.07, 6.45) is 0.778. The van der Waals surface area contributed by atoms with Crippen molar-refractivity contribution in [3.05, 3.63) is 20.8 Å². The summed E-state index contributed by atoms with van der Waals surface area (Å²) in [5.41, 5.74) is -0.185. The van der Waals surface area contributed by atoms with Gasteiger partial charge in [0.05, 0.1) is 7.11 Å². The van der Waals surface area contributed by atoms with E-state index in [4.69, 9.17) is 4.74 Å². The molecule has 92 valence electrons.